The first-order chi connectivity index (χ1) is 13.3. The van der Waals surface area contributed by atoms with Gasteiger partial charge in [0.05, 0.1) is 7.11 Å². The second-order valence-corrected chi connectivity index (χ2v) is 7.89. The van der Waals surface area contributed by atoms with Gasteiger partial charge in [-0.05, 0) is 51.0 Å². The van der Waals surface area contributed by atoms with Crippen molar-refractivity contribution in [3.8, 4) is 5.75 Å². The fraction of sp³-hybridized carbons (Fsp3) is 0.636. The molecule has 1 aromatic carbocycles. The molecule has 1 fully saturated rings. The summed E-state index contributed by atoms with van der Waals surface area (Å²) in [5, 5.41) is 0. The van der Waals surface area contributed by atoms with E-state index in [-0.39, 0.29) is 11.8 Å². The van der Waals surface area contributed by atoms with Gasteiger partial charge in [-0.1, -0.05) is 13.8 Å². The second-order valence-electron chi connectivity index (χ2n) is 7.89. The van der Waals surface area contributed by atoms with Crippen LogP contribution in [-0.4, -0.2) is 68.0 Å². The monoisotopic (exact) mass is 389 g/mol. The lowest BCUT2D eigenvalue weighted by Crippen LogP contribution is -2.56. The minimum absolute atomic E-state index is 0.0567. The number of hydrogen-bond acceptors (Lipinski definition) is 4. The lowest BCUT2D eigenvalue weighted by Gasteiger charge is -2.40. The number of piperazine rings is 1. The SMILES string of the molecule is CCCN(CCC)C(=O)C(C)(C)C(=O)N1CCN(c2ccc(OC)cc2)CC1. The quantitative estimate of drug-likeness (QED) is 0.642. The van der Waals surface area contributed by atoms with E-state index in [2.05, 4.69) is 18.7 Å². The van der Waals surface area contributed by atoms with Crippen LogP contribution in [0.4, 0.5) is 5.69 Å². The van der Waals surface area contributed by atoms with E-state index < -0.39 is 5.41 Å². The van der Waals surface area contributed by atoms with E-state index >= 15 is 0 Å². The first-order valence-electron chi connectivity index (χ1n) is 10.3. The van der Waals surface area contributed by atoms with E-state index in [9.17, 15) is 9.59 Å². The summed E-state index contributed by atoms with van der Waals surface area (Å²) in [4.78, 5) is 32.1. The van der Waals surface area contributed by atoms with Crippen LogP contribution in [0.15, 0.2) is 24.3 Å². The molecule has 156 valence electrons. The Morgan fingerprint density at radius 3 is 2.00 bits per heavy atom. The van der Waals surface area contributed by atoms with Gasteiger partial charge in [0, 0.05) is 45.0 Å². The van der Waals surface area contributed by atoms with Crippen LogP contribution in [0.5, 0.6) is 5.75 Å². The maximum absolute atomic E-state index is 13.1. The van der Waals surface area contributed by atoms with Crippen molar-refractivity contribution in [2.75, 3.05) is 51.3 Å². The molecule has 0 atom stereocenters. The number of ether oxygens (including phenoxy) is 1. The third-order valence-corrected chi connectivity index (χ3v) is 5.35. The lowest BCUT2D eigenvalue weighted by atomic mass is 9.89. The summed E-state index contributed by atoms with van der Waals surface area (Å²) in [6, 6.07) is 7.98. The fourth-order valence-electron chi connectivity index (χ4n) is 3.70. The highest BCUT2D eigenvalue weighted by molar-refractivity contribution is 6.04. The molecule has 2 rings (SSSR count). The van der Waals surface area contributed by atoms with Crippen molar-refractivity contribution >= 4 is 17.5 Å². The summed E-state index contributed by atoms with van der Waals surface area (Å²) < 4.78 is 5.21. The van der Waals surface area contributed by atoms with Crippen LogP contribution in [0, 0.1) is 5.41 Å². The summed E-state index contributed by atoms with van der Waals surface area (Å²) in [7, 11) is 1.66. The topological polar surface area (TPSA) is 53.1 Å². The van der Waals surface area contributed by atoms with Crippen molar-refractivity contribution in [1.82, 2.24) is 9.80 Å². The van der Waals surface area contributed by atoms with Crippen LogP contribution < -0.4 is 9.64 Å². The van der Waals surface area contributed by atoms with E-state index in [0.717, 1.165) is 37.4 Å². The maximum Gasteiger partial charge on any atom is 0.237 e. The highest BCUT2D eigenvalue weighted by atomic mass is 16.5. The number of hydrogen-bond donors (Lipinski definition) is 0. The van der Waals surface area contributed by atoms with E-state index in [1.54, 1.807) is 21.0 Å². The van der Waals surface area contributed by atoms with Crippen LogP contribution in [-0.2, 0) is 9.59 Å². The van der Waals surface area contributed by atoms with Crippen molar-refractivity contribution in [1.29, 1.82) is 0 Å². The number of nitrogens with zero attached hydrogens (tertiary/aromatic N) is 3. The Balaban J connectivity index is 1.99. The molecular weight excluding hydrogens is 354 g/mol. The Morgan fingerprint density at radius 1 is 1.00 bits per heavy atom. The lowest BCUT2D eigenvalue weighted by molar-refractivity contribution is -0.154. The number of methoxy groups -OCH3 is 1. The zero-order valence-corrected chi connectivity index (χ0v) is 18.0. The van der Waals surface area contributed by atoms with Crippen LogP contribution in [0.2, 0.25) is 0 Å². The van der Waals surface area contributed by atoms with Gasteiger partial charge < -0.3 is 19.4 Å². The Bertz CT molecular complexity index is 643. The minimum atomic E-state index is -1.02. The largest absolute Gasteiger partial charge is 0.497 e. The van der Waals surface area contributed by atoms with Gasteiger partial charge in [0.15, 0.2) is 0 Å². The molecule has 6 heteroatoms. The molecule has 2 amide bonds. The van der Waals surface area contributed by atoms with Crippen molar-refractivity contribution in [3.05, 3.63) is 24.3 Å². The molecule has 0 saturated carbocycles. The minimum Gasteiger partial charge on any atom is -0.497 e. The third kappa shape index (κ3) is 4.97. The Labute approximate surface area is 169 Å². The molecule has 0 aliphatic carbocycles. The average molecular weight is 390 g/mol. The van der Waals surface area contributed by atoms with Gasteiger partial charge in [0.25, 0.3) is 0 Å². The molecule has 1 aliphatic heterocycles. The first-order valence-corrected chi connectivity index (χ1v) is 10.3. The molecule has 1 heterocycles. The summed E-state index contributed by atoms with van der Waals surface area (Å²) in [5.41, 5.74) is 0.104. The number of carbonyl (C=O) groups is 2. The zero-order chi connectivity index (χ0) is 20.7. The number of benzene rings is 1. The van der Waals surface area contributed by atoms with Gasteiger partial charge in [0.2, 0.25) is 11.8 Å². The van der Waals surface area contributed by atoms with Crippen LogP contribution >= 0.6 is 0 Å². The molecule has 0 spiro atoms. The van der Waals surface area contributed by atoms with E-state index in [4.69, 9.17) is 4.74 Å². The third-order valence-electron chi connectivity index (χ3n) is 5.35. The Morgan fingerprint density at radius 2 is 1.54 bits per heavy atom. The molecule has 0 bridgehead atoms. The highest BCUT2D eigenvalue weighted by Crippen LogP contribution is 2.25. The zero-order valence-electron chi connectivity index (χ0n) is 18.0. The predicted octanol–water partition coefficient (Wildman–Crippen LogP) is 3.02. The van der Waals surface area contributed by atoms with Crippen molar-refractivity contribution < 1.29 is 14.3 Å². The van der Waals surface area contributed by atoms with Gasteiger partial charge in [0.1, 0.15) is 11.2 Å². The van der Waals surface area contributed by atoms with Crippen molar-refractivity contribution in [2.45, 2.75) is 40.5 Å². The first kappa shape index (κ1) is 22.1. The fourth-order valence-corrected chi connectivity index (χ4v) is 3.70. The molecule has 0 aromatic heterocycles. The smallest absolute Gasteiger partial charge is 0.237 e. The van der Waals surface area contributed by atoms with Gasteiger partial charge in [-0.3, -0.25) is 9.59 Å². The molecule has 28 heavy (non-hydrogen) atoms. The highest BCUT2D eigenvalue weighted by Gasteiger charge is 2.42. The molecule has 0 radical (unpaired) electrons. The van der Waals surface area contributed by atoms with Gasteiger partial charge in [-0.2, -0.15) is 0 Å². The second kappa shape index (κ2) is 9.80. The summed E-state index contributed by atoms with van der Waals surface area (Å²) >= 11 is 0. The molecular formula is C22H35N3O3. The molecule has 1 aromatic rings. The van der Waals surface area contributed by atoms with Crippen LogP contribution in [0.1, 0.15) is 40.5 Å². The Kier molecular flexibility index (Phi) is 7.72. The van der Waals surface area contributed by atoms with E-state index in [0.29, 0.717) is 26.2 Å². The van der Waals surface area contributed by atoms with E-state index in [1.807, 2.05) is 34.1 Å². The van der Waals surface area contributed by atoms with Crippen LogP contribution in [0.3, 0.4) is 0 Å². The standard InChI is InChI=1S/C22H35N3O3/c1-6-12-24(13-7-2)20(26)22(3,4)21(27)25-16-14-23(15-17-25)18-8-10-19(28-5)11-9-18/h8-11H,6-7,12-17H2,1-5H3. The normalized spacial score (nSPS) is 14.8. The maximum atomic E-state index is 13.1. The average Bonchev–Trinajstić information content (AvgIpc) is 2.72. The van der Waals surface area contributed by atoms with Crippen LogP contribution in [0.25, 0.3) is 0 Å². The van der Waals surface area contributed by atoms with Gasteiger partial charge >= 0.3 is 0 Å². The molecule has 0 N–H and O–H groups in total. The molecule has 1 saturated heterocycles. The summed E-state index contributed by atoms with van der Waals surface area (Å²) in [5.74, 6) is 0.712. The number of rotatable bonds is 8. The predicted molar refractivity (Wildman–Crippen MR) is 113 cm³/mol. The summed E-state index contributed by atoms with van der Waals surface area (Å²) in [6.07, 6.45) is 1.80. The number of carbonyl (C=O) groups excluding carboxylic acids is 2. The molecule has 0 unspecified atom stereocenters. The van der Waals surface area contributed by atoms with Gasteiger partial charge in [-0.15, -0.1) is 0 Å². The Hall–Kier alpha value is -2.24. The molecule has 1 aliphatic rings. The number of amides is 2. The van der Waals surface area contributed by atoms with E-state index in [1.165, 1.54) is 0 Å². The van der Waals surface area contributed by atoms with Crippen molar-refractivity contribution in [3.63, 3.8) is 0 Å². The summed E-state index contributed by atoms with van der Waals surface area (Å²) in [6.45, 7) is 11.8. The molecule has 6 nitrogen and oxygen atoms in total. The van der Waals surface area contributed by atoms with Gasteiger partial charge in [-0.25, -0.2) is 0 Å². The van der Waals surface area contributed by atoms with Crippen molar-refractivity contribution in [2.24, 2.45) is 5.41 Å². The number of anilines is 1.